The first kappa shape index (κ1) is 13.8. The molecule has 21 heavy (non-hydrogen) atoms. The van der Waals surface area contributed by atoms with Crippen molar-refractivity contribution in [3.8, 4) is 11.5 Å². The number of carbonyl (C=O) groups is 1. The molecule has 1 heterocycles. The molecule has 0 saturated heterocycles. The summed E-state index contributed by atoms with van der Waals surface area (Å²) in [5, 5.41) is 3.35. The number of para-hydroxylation sites is 2. The van der Waals surface area contributed by atoms with Gasteiger partial charge in [-0.15, -0.1) is 0 Å². The van der Waals surface area contributed by atoms with Gasteiger partial charge in [0.05, 0.1) is 0 Å². The van der Waals surface area contributed by atoms with Crippen LogP contribution in [-0.2, 0) is 4.79 Å². The zero-order valence-corrected chi connectivity index (χ0v) is 12.1. The number of nitrogens with one attached hydrogen (secondary N) is 1. The number of rotatable bonds is 2. The third-order valence-electron chi connectivity index (χ3n) is 3.19. The number of fused-ring (bicyclic) bond motifs is 1. The quantitative estimate of drug-likeness (QED) is 0.923. The molecular formula is C16H14ClNO3. The first-order valence-corrected chi connectivity index (χ1v) is 7.00. The van der Waals surface area contributed by atoms with Crippen molar-refractivity contribution < 1.29 is 14.3 Å². The van der Waals surface area contributed by atoms with E-state index in [1.54, 1.807) is 37.3 Å². The molecule has 0 saturated carbocycles. The summed E-state index contributed by atoms with van der Waals surface area (Å²) >= 11 is 5.90. The van der Waals surface area contributed by atoms with Crippen LogP contribution >= 0.6 is 11.6 Å². The molecule has 4 nitrogen and oxygen atoms in total. The van der Waals surface area contributed by atoms with E-state index < -0.39 is 6.10 Å². The van der Waals surface area contributed by atoms with Gasteiger partial charge in [0.2, 0.25) is 6.10 Å². The third kappa shape index (κ3) is 2.95. The van der Waals surface area contributed by atoms with E-state index in [1.807, 2.05) is 18.2 Å². The Kier molecular flexibility index (Phi) is 3.71. The average molecular weight is 304 g/mol. The van der Waals surface area contributed by atoms with E-state index in [4.69, 9.17) is 21.1 Å². The van der Waals surface area contributed by atoms with Crippen LogP contribution in [0.15, 0.2) is 48.5 Å². The van der Waals surface area contributed by atoms with Gasteiger partial charge in [-0.2, -0.15) is 0 Å². The Morgan fingerprint density at radius 3 is 2.52 bits per heavy atom. The molecule has 1 aliphatic rings. The van der Waals surface area contributed by atoms with E-state index in [1.165, 1.54) is 0 Å². The van der Waals surface area contributed by atoms with E-state index in [9.17, 15) is 4.79 Å². The van der Waals surface area contributed by atoms with Crippen molar-refractivity contribution >= 4 is 23.2 Å². The predicted molar refractivity (Wildman–Crippen MR) is 81.0 cm³/mol. The number of amides is 1. The van der Waals surface area contributed by atoms with Crippen molar-refractivity contribution in [3.63, 3.8) is 0 Å². The highest BCUT2D eigenvalue weighted by molar-refractivity contribution is 6.30. The topological polar surface area (TPSA) is 47.6 Å². The lowest BCUT2D eigenvalue weighted by molar-refractivity contribution is -0.128. The van der Waals surface area contributed by atoms with E-state index in [0.29, 0.717) is 22.2 Å². The minimum atomic E-state index is -0.709. The van der Waals surface area contributed by atoms with Crippen LogP contribution in [0.25, 0.3) is 0 Å². The summed E-state index contributed by atoms with van der Waals surface area (Å²) in [4.78, 5) is 12.3. The number of ether oxygens (including phenoxy) is 2. The largest absolute Gasteiger partial charge is 0.482 e. The highest BCUT2D eigenvalue weighted by atomic mass is 35.5. The zero-order chi connectivity index (χ0) is 14.8. The van der Waals surface area contributed by atoms with Crippen LogP contribution in [0.1, 0.15) is 6.92 Å². The Balaban J connectivity index is 1.76. The van der Waals surface area contributed by atoms with Crippen molar-refractivity contribution in [2.24, 2.45) is 0 Å². The molecule has 0 radical (unpaired) electrons. The summed E-state index contributed by atoms with van der Waals surface area (Å²) in [7, 11) is 0. The molecule has 5 heteroatoms. The van der Waals surface area contributed by atoms with Gasteiger partial charge in [-0.3, -0.25) is 4.79 Å². The van der Waals surface area contributed by atoms with E-state index in [2.05, 4.69) is 5.32 Å². The summed E-state index contributed by atoms with van der Waals surface area (Å²) < 4.78 is 11.5. The Hall–Kier alpha value is -2.20. The highest BCUT2D eigenvalue weighted by Gasteiger charge is 2.34. The third-order valence-corrected chi connectivity index (χ3v) is 3.43. The standard InChI is InChI=1S/C16H14ClNO3/c1-10-15(21-14-8-3-2-7-13(14)20-10)16(19)18-12-6-4-5-11(17)9-12/h2-10,15H,1H3,(H,18,19)/t10-,15+/m0/s1. The van der Waals surface area contributed by atoms with Gasteiger partial charge in [-0.25, -0.2) is 0 Å². The number of hydrogen-bond donors (Lipinski definition) is 1. The second-order valence-corrected chi connectivity index (χ2v) is 5.24. The van der Waals surface area contributed by atoms with Gasteiger partial charge in [-0.05, 0) is 37.3 Å². The van der Waals surface area contributed by atoms with Gasteiger partial charge >= 0.3 is 0 Å². The fourth-order valence-electron chi connectivity index (χ4n) is 2.19. The summed E-state index contributed by atoms with van der Waals surface area (Å²) in [6.45, 7) is 1.80. The maximum atomic E-state index is 12.3. The SMILES string of the molecule is C[C@@H]1Oc2ccccc2O[C@H]1C(=O)Nc1cccc(Cl)c1. The lowest BCUT2D eigenvalue weighted by Gasteiger charge is -2.31. The van der Waals surface area contributed by atoms with Crippen LogP contribution in [0.4, 0.5) is 5.69 Å². The van der Waals surface area contributed by atoms with Gasteiger partial charge in [0.1, 0.15) is 6.10 Å². The Morgan fingerprint density at radius 1 is 1.10 bits per heavy atom. The molecule has 1 aliphatic heterocycles. The monoisotopic (exact) mass is 303 g/mol. The van der Waals surface area contributed by atoms with Crippen LogP contribution < -0.4 is 14.8 Å². The minimum absolute atomic E-state index is 0.265. The van der Waals surface area contributed by atoms with Crippen LogP contribution in [-0.4, -0.2) is 18.1 Å². The van der Waals surface area contributed by atoms with Crippen molar-refractivity contribution in [2.45, 2.75) is 19.1 Å². The van der Waals surface area contributed by atoms with E-state index >= 15 is 0 Å². The first-order valence-electron chi connectivity index (χ1n) is 6.62. The number of anilines is 1. The molecule has 1 amide bonds. The van der Waals surface area contributed by atoms with Crippen LogP contribution in [0.3, 0.4) is 0 Å². The second kappa shape index (κ2) is 5.66. The summed E-state index contributed by atoms with van der Waals surface area (Å²) in [6, 6.07) is 14.3. The van der Waals surface area contributed by atoms with E-state index in [0.717, 1.165) is 0 Å². The van der Waals surface area contributed by atoms with Gasteiger partial charge in [0.25, 0.3) is 5.91 Å². The number of hydrogen-bond acceptors (Lipinski definition) is 3. The smallest absolute Gasteiger partial charge is 0.269 e. The molecular weight excluding hydrogens is 290 g/mol. The second-order valence-electron chi connectivity index (χ2n) is 4.81. The molecule has 108 valence electrons. The maximum absolute atomic E-state index is 12.3. The van der Waals surface area contributed by atoms with E-state index in [-0.39, 0.29) is 12.0 Å². The van der Waals surface area contributed by atoms with Crippen molar-refractivity contribution in [3.05, 3.63) is 53.6 Å². The number of halogens is 1. The van der Waals surface area contributed by atoms with Gasteiger partial charge in [0.15, 0.2) is 11.5 Å². The Bertz CT molecular complexity index is 674. The molecule has 2 aromatic carbocycles. The molecule has 3 rings (SSSR count). The Morgan fingerprint density at radius 2 is 1.81 bits per heavy atom. The van der Waals surface area contributed by atoms with Crippen molar-refractivity contribution in [2.75, 3.05) is 5.32 Å². The molecule has 0 fully saturated rings. The molecule has 0 unspecified atom stereocenters. The maximum Gasteiger partial charge on any atom is 0.269 e. The molecule has 2 atom stereocenters. The summed E-state index contributed by atoms with van der Waals surface area (Å²) in [6.07, 6.45) is -1.09. The Labute approximate surface area is 127 Å². The minimum Gasteiger partial charge on any atom is -0.482 e. The average Bonchev–Trinajstić information content (AvgIpc) is 2.46. The summed E-state index contributed by atoms with van der Waals surface area (Å²) in [5.41, 5.74) is 0.627. The van der Waals surface area contributed by atoms with Gasteiger partial charge in [-0.1, -0.05) is 29.8 Å². The highest BCUT2D eigenvalue weighted by Crippen LogP contribution is 2.33. The molecule has 0 bridgehead atoms. The fraction of sp³-hybridized carbons (Fsp3) is 0.188. The van der Waals surface area contributed by atoms with Crippen molar-refractivity contribution in [1.29, 1.82) is 0 Å². The lowest BCUT2D eigenvalue weighted by atomic mass is 10.1. The zero-order valence-electron chi connectivity index (χ0n) is 11.4. The molecule has 0 spiro atoms. The molecule has 0 aromatic heterocycles. The lowest BCUT2D eigenvalue weighted by Crippen LogP contribution is -2.46. The van der Waals surface area contributed by atoms with Crippen LogP contribution in [0.2, 0.25) is 5.02 Å². The normalized spacial score (nSPS) is 19.9. The van der Waals surface area contributed by atoms with Gasteiger partial charge < -0.3 is 14.8 Å². The number of benzene rings is 2. The van der Waals surface area contributed by atoms with Gasteiger partial charge in [0, 0.05) is 10.7 Å². The van der Waals surface area contributed by atoms with Crippen molar-refractivity contribution in [1.82, 2.24) is 0 Å². The first-order chi connectivity index (χ1) is 10.1. The molecule has 0 aliphatic carbocycles. The number of carbonyl (C=O) groups excluding carboxylic acids is 1. The van der Waals surface area contributed by atoms with Crippen LogP contribution in [0.5, 0.6) is 11.5 Å². The fourth-order valence-corrected chi connectivity index (χ4v) is 2.38. The molecule has 2 aromatic rings. The summed E-state index contributed by atoms with van der Waals surface area (Å²) in [5.74, 6) is 0.956. The molecule has 1 N–H and O–H groups in total. The predicted octanol–water partition coefficient (Wildman–Crippen LogP) is 3.51. The van der Waals surface area contributed by atoms with Crippen LogP contribution in [0, 0.1) is 0 Å².